The van der Waals surface area contributed by atoms with Crippen LogP contribution >= 0.6 is 0 Å². The quantitative estimate of drug-likeness (QED) is 0.662. The van der Waals surface area contributed by atoms with Crippen LogP contribution in [0.3, 0.4) is 0 Å². The van der Waals surface area contributed by atoms with Gasteiger partial charge in [0.15, 0.2) is 12.6 Å². The van der Waals surface area contributed by atoms with Crippen molar-refractivity contribution in [2.45, 2.75) is 56.5 Å². The zero-order chi connectivity index (χ0) is 23.0. The summed E-state index contributed by atoms with van der Waals surface area (Å²) in [5.41, 5.74) is 1.50. The number of fused-ring (bicyclic) bond motifs is 2. The Morgan fingerprint density at radius 2 is 1.94 bits per heavy atom. The fourth-order valence-electron chi connectivity index (χ4n) is 4.10. The first-order valence-corrected chi connectivity index (χ1v) is 10.7. The number of carbonyl (C=O) groups excluding carboxylic acids is 1. The van der Waals surface area contributed by atoms with Gasteiger partial charge in [-0.15, -0.1) is 0 Å². The van der Waals surface area contributed by atoms with E-state index in [1.165, 1.54) is 7.11 Å². The third-order valence-corrected chi connectivity index (χ3v) is 5.75. The molecule has 0 saturated carbocycles. The molecule has 10 nitrogen and oxygen atoms in total. The molecular weight excluding hydrogens is 434 g/mol. The molecule has 3 saturated heterocycles. The second kappa shape index (κ2) is 9.07. The van der Waals surface area contributed by atoms with Gasteiger partial charge in [0.1, 0.15) is 30.1 Å². The van der Waals surface area contributed by atoms with E-state index in [2.05, 4.69) is 9.72 Å². The molecule has 10 heteroatoms. The standard InChI is InChI=1S/C23H25NO9/c1-23(29-11-14-9-6-10-15(24-14)20(26)27-2)32-19-17(25)18-16(30-22(19)33-23)12-28-21(31-18)13-7-4-3-5-8-13/h3-10,16-19,21-22,25H,11-12H2,1-2H3/t16-,17+,18-,19-,21?,22-,23?/m1/s1. The van der Waals surface area contributed by atoms with Crippen LogP contribution in [0.2, 0.25) is 0 Å². The molecule has 0 aliphatic carbocycles. The molecule has 1 N–H and O–H groups in total. The average molecular weight is 459 g/mol. The SMILES string of the molecule is COC(=O)c1cccc(COC2(C)O[C@H]3O[C@@H]4COC(c5ccccc5)O[C@H]4[C@H](O)[C@H]3O2)n1. The van der Waals surface area contributed by atoms with E-state index in [1.54, 1.807) is 25.1 Å². The second-order valence-corrected chi connectivity index (χ2v) is 8.07. The van der Waals surface area contributed by atoms with Crippen LogP contribution in [0.4, 0.5) is 0 Å². The van der Waals surface area contributed by atoms with Gasteiger partial charge >= 0.3 is 5.97 Å². The minimum atomic E-state index is -1.49. The van der Waals surface area contributed by atoms with Crippen molar-refractivity contribution < 1.29 is 43.1 Å². The minimum absolute atomic E-state index is 0.000576. The lowest BCUT2D eigenvalue weighted by Crippen LogP contribution is -2.60. The topological polar surface area (TPSA) is 115 Å². The normalized spacial score (nSPS) is 35.5. The van der Waals surface area contributed by atoms with Crippen LogP contribution in [-0.2, 0) is 39.8 Å². The molecule has 2 unspecified atom stereocenters. The Bertz CT molecular complexity index is 989. The molecule has 1 aromatic heterocycles. The molecule has 176 valence electrons. The maximum Gasteiger partial charge on any atom is 0.356 e. The Morgan fingerprint density at radius 1 is 1.12 bits per heavy atom. The highest BCUT2D eigenvalue weighted by molar-refractivity contribution is 5.87. The number of nitrogens with zero attached hydrogens (tertiary/aromatic N) is 1. The van der Waals surface area contributed by atoms with Crippen molar-refractivity contribution in [2.24, 2.45) is 0 Å². The van der Waals surface area contributed by atoms with Crippen LogP contribution in [0.5, 0.6) is 0 Å². The fourth-order valence-corrected chi connectivity index (χ4v) is 4.10. The Kier molecular flexibility index (Phi) is 6.14. The number of hydrogen-bond acceptors (Lipinski definition) is 10. The van der Waals surface area contributed by atoms with Crippen LogP contribution < -0.4 is 0 Å². The summed E-state index contributed by atoms with van der Waals surface area (Å²) in [6.07, 6.45) is -4.49. The summed E-state index contributed by atoms with van der Waals surface area (Å²) >= 11 is 0. The molecule has 2 aromatic rings. The minimum Gasteiger partial charge on any atom is -0.464 e. The zero-order valence-electron chi connectivity index (χ0n) is 18.2. The second-order valence-electron chi connectivity index (χ2n) is 8.07. The maximum absolute atomic E-state index is 11.7. The van der Waals surface area contributed by atoms with E-state index in [1.807, 2.05) is 30.3 Å². The molecule has 0 bridgehead atoms. The monoisotopic (exact) mass is 459 g/mol. The Balaban J connectivity index is 1.24. The van der Waals surface area contributed by atoms with Gasteiger partial charge in [-0.2, -0.15) is 0 Å². The molecule has 4 heterocycles. The summed E-state index contributed by atoms with van der Waals surface area (Å²) in [7, 11) is 1.29. The lowest BCUT2D eigenvalue weighted by molar-refractivity contribution is -0.356. The molecular formula is C23H25NO9. The van der Waals surface area contributed by atoms with E-state index in [0.29, 0.717) is 5.69 Å². The molecule has 0 spiro atoms. The third-order valence-electron chi connectivity index (χ3n) is 5.75. The van der Waals surface area contributed by atoms with E-state index >= 15 is 0 Å². The highest BCUT2D eigenvalue weighted by atomic mass is 16.9. The number of methoxy groups -OCH3 is 1. The lowest BCUT2D eigenvalue weighted by atomic mass is 9.98. The van der Waals surface area contributed by atoms with Crippen LogP contribution in [0, 0.1) is 0 Å². The molecule has 33 heavy (non-hydrogen) atoms. The van der Waals surface area contributed by atoms with Gasteiger partial charge in [0.05, 0.1) is 26.0 Å². The Labute approximate surface area is 190 Å². The van der Waals surface area contributed by atoms with Gasteiger partial charge in [-0.25, -0.2) is 9.78 Å². The van der Waals surface area contributed by atoms with Crippen molar-refractivity contribution in [3.05, 3.63) is 65.5 Å². The summed E-state index contributed by atoms with van der Waals surface area (Å²) < 4.78 is 40.0. The predicted octanol–water partition coefficient (Wildman–Crippen LogP) is 1.67. The summed E-state index contributed by atoms with van der Waals surface area (Å²) in [5.74, 6) is -2.04. The van der Waals surface area contributed by atoms with E-state index in [4.69, 9.17) is 28.4 Å². The first-order chi connectivity index (χ1) is 16.0. The van der Waals surface area contributed by atoms with Gasteiger partial charge in [0.25, 0.3) is 5.97 Å². The van der Waals surface area contributed by atoms with E-state index < -0.39 is 48.9 Å². The number of esters is 1. The maximum atomic E-state index is 11.7. The number of benzene rings is 1. The number of aromatic nitrogens is 1. The summed E-state index contributed by atoms with van der Waals surface area (Å²) in [6.45, 7) is 1.81. The Hall–Kier alpha value is -2.44. The largest absolute Gasteiger partial charge is 0.464 e. The number of aliphatic hydroxyl groups is 1. The van der Waals surface area contributed by atoms with Crippen molar-refractivity contribution >= 4 is 5.97 Å². The highest BCUT2D eigenvalue weighted by Gasteiger charge is 2.58. The number of hydrogen-bond donors (Lipinski definition) is 1. The summed E-state index contributed by atoms with van der Waals surface area (Å²) in [6, 6.07) is 14.4. The van der Waals surface area contributed by atoms with Crippen molar-refractivity contribution in [3.8, 4) is 0 Å². The third kappa shape index (κ3) is 4.51. The molecule has 3 aliphatic heterocycles. The molecule has 7 atom stereocenters. The smallest absolute Gasteiger partial charge is 0.356 e. The number of pyridine rings is 1. The van der Waals surface area contributed by atoms with Crippen LogP contribution in [-0.4, -0.2) is 66.5 Å². The van der Waals surface area contributed by atoms with Gasteiger partial charge < -0.3 is 33.5 Å². The zero-order valence-corrected chi connectivity index (χ0v) is 18.2. The molecule has 0 radical (unpaired) electrons. The summed E-state index contributed by atoms with van der Waals surface area (Å²) in [4.78, 5) is 15.9. The van der Waals surface area contributed by atoms with Gasteiger partial charge in [-0.05, 0) is 12.1 Å². The number of aliphatic hydroxyl groups excluding tert-OH is 1. The lowest BCUT2D eigenvalue weighted by Gasteiger charge is -2.44. The van der Waals surface area contributed by atoms with Gasteiger partial charge in [-0.3, -0.25) is 4.74 Å². The van der Waals surface area contributed by atoms with Gasteiger partial charge in [-0.1, -0.05) is 36.4 Å². The van der Waals surface area contributed by atoms with E-state index in [9.17, 15) is 9.90 Å². The molecule has 3 fully saturated rings. The van der Waals surface area contributed by atoms with E-state index in [-0.39, 0.29) is 18.9 Å². The average Bonchev–Trinajstić information content (AvgIpc) is 3.20. The first kappa shape index (κ1) is 22.4. The highest BCUT2D eigenvalue weighted by Crippen LogP contribution is 2.41. The molecule has 0 amide bonds. The van der Waals surface area contributed by atoms with Crippen LogP contribution in [0.15, 0.2) is 48.5 Å². The van der Waals surface area contributed by atoms with Crippen molar-refractivity contribution in [3.63, 3.8) is 0 Å². The summed E-state index contributed by atoms with van der Waals surface area (Å²) in [5, 5.41) is 11.0. The molecule has 1 aromatic carbocycles. The molecule has 3 aliphatic rings. The van der Waals surface area contributed by atoms with E-state index in [0.717, 1.165) is 5.56 Å². The van der Waals surface area contributed by atoms with Crippen LogP contribution in [0.25, 0.3) is 0 Å². The van der Waals surface area contributed by atoms with Crippen LogP contribution in [0.1, 0.15) is 35.0 Å². The first-order valence-electron chi connectivity index (χ1n) is 10.7. The number of ether oxygens (including phenoxy) is 7. The van der Waals surface area contributed by atoms with Gasteiger partial charge in [0, 0.05) is 12.5 Å². The number of rotatable bonds is 5. The predicted molar refractivity (Wildman–Crippen MR) is 109 cm³/mol. The Morgan fingerprint density at radius 3 is 2.73 bits per heavy atom. The number of carbonyl (C=O) groups is 1. The van der Waals surface area contributed by atoms with Crippen molar-refractivity contribution in [1.29, 1.82) is 0 Å². The molecule has 5 rings (SSSR count). The van der Waals surface area contributed by atoms with Gasteiger partial charge in [0.2, 0.25) is 0 Å². The van der Waals surface area contributed by atoms with Crippen molar-refractivity contribution in [2.75, 3.05) is 13.7 Å². The van der Waals surface area contributed by atoms with Crippen molar-refractivity contribution in [1.82, 2.24) is 4.98 Å². The fraction of sp³-hybridized carbons (Fsp3) is 0.478.